The Bertz CT molecular complexity index is 636. The van der Waals surface area contributed by atoms with E-state index < -0.39 is 0 Å². The molecule has 0 N–H and O–H groups in total. The van der Waals surface area contributed by atoms with Crippen molar-refractivity contribution in [3.05, 3.63) is 45.1 Å². The number of aromatic nitrogens is 2. The van der Waals surface area contributed by atoms with Crippen molar-refractivity contribution in [2.24, 2.45) is 0 Å². The van der Waals surface area contributed by atoms with Gasteiger partial charge in [0.1, 0.15) is 5.15 Å². The minimum Gasteiger partial charge on any atom is -0.233 e. The van der Waals surface area contributed by atoms with Crippen molar-refractivity contribution in [2.45, 2.75) is 38.5 Å². The summed E-state index contributed by atoms with van der Waals surface area (Å²) in [5.74, 6) is 1.29. The summed E-state index contributed by atoms with van der Waals surface area (Å²) in [6, 6.07) is 8.06. The predicted molar refractivity (Wildman–Crippen MR) is 86.1 cm³/mol. The van der Waals surface area contributed by atoms with Gasteiger partial charge in [-0.3, -0.25) is 0 Å². The van der Waals surface area contributed by atoms with Gasteiger partial charge in [-0.25, -0.2) is 9.97 Å². The Hall–Kier alpha value is -0.930. The quantitative estimate of drug-likeness (QED) is 0.665. The molecule has 0 spiro atoms. The van der Waals surface area contributed by atoms with Crippen molar-refractivity contribution >= 4 is 27.5 Å². The second kappa shape index (κ2) is 5.82. The second-order valence-electron chi connectivity index (χ2n) is 5.38. The average molecular weight is 352 g/mol. The van der Waals surface area contributed by atoms with Crippen LogP contribution in [0, 0.1) is 6.92 Å². The topological polar surface area (TPSA) is 25.8 Å². The first-order valence-corrected chi connectivity index (χ1v) is 8.11. The summed E-state index contributed by atoms with van der Waals surface area (Å²) in [7, 11) is 0. The van der Waals surface area contributed by atoms with E-state index in [-0.39, 0.29) is 0 Å². The molecule has 0 atom stereocenters. The van der Waals surface area contributed by atoms with Gasteiger partial charge in [0.2, 0.25) is 0 Å². The lowest BCUT2D eigenvalue weighted by Gasteiger charge is -2.12. The fourth-order valence-corrected chi connectivity index (χ4v) is 3.53. The van der Waals surface area contributed by atoms with Crippen molar-refractivity contribution in [1.29, 1.82) is 0 Å². The molecule has 0 amide bonds. The molecule has 0 unspecified atom stereocenters. The van der Waals surface area contributed by atoms with Gasteiger partial charge in [0.15, 0.2) is 5.82 Å². The molecular formula is C16H16BrClN2. The van der Waals surface area contributed by atoms with Crippen LogP contribution in [0.25, 0.3) is 11.4 Å². The van der Waals surface area contributed by atoms with Gasteiger partial charge in [0.25, 0.3) is 0 Å². The molecule has 1 aliphatic carbocycles. The molecule has 1 saturated carbocycles. The number of rotatable bonds is 2. The van der Waals surface area contributed by atoms with Gasteiger partial charge in [-0.05, 0) is 49.6 Å². The Morgan fingerprint density at radius 1 is 1.15 bits per heavy atom. The molecule has 1 aliphatic rings. The normalized spacial score (nSPS) is 15.8. The van der Waals surface area contributed by atoms with Crippen LogP contribution in [0.15, 0.2) is 28.7 Å². The zero-order chi connectivity index (χ0) is 14.1. The first-order chi connectivity index (χ1) is 9.63. The zero-order valence-corrected chi connectivity index (χ0v) is 13.7. The lowest BCUT2D eigenvalue weighted by Crippen LogP contribution is -2.01. The van der Waals surface area contributed by atoms with Gasteiger partial charge in [0, 0.05) is 21.6 Å². The summed E-state index contributed by atoms with van der Waals surface area (Å²) in [5.41, 5.74) is 3.30. The van der Waals surface area contributed by atoms with E-state index in [9.17, 15) is 0 Å². The maximum Gasteiger partial charge on any atom is 0.161 e. The van der Waals surface area contributed by atoms with Crippen LogP contribution < -0.4 is 0 Å². The summed E-state index contributed by atoms with van der Waals surface area (Å²) in [5, 5.41) is 0.541. The molecule has 0 radical (unpaired) electrons. The number of halogens is 2. The van der Waals surface area contributed by atoms with E-state index in [1.54, 1.807) is 0 Å². The first kappa shape index (κ1) is 14.0. The van der Waals surface area contributed by atoms with E-state index in [4.69, 9.17) is 16.6 Å². The highest BCUT2D eigenvalue weighted by Crippen LogP contribution is 2.35. The highest BCUT2D eigenvalue weighted by molar-refractivity contribution is 9.10. The summed E-state index contributed by atoms with van der Waals surface area (Å²) < 4.78 is 1.07. The van der Waals surface area contributed by atoms with Crippen molar-refractivity contribution in [3.8, 4) is 11.4 Å². The third kappa shape index (κ3) is 2.89. The highest BCUT2D eigenvalue weighted by atomic mass is 79.9. The third-order valence-electron chi connectivity index (χ3n) is 3.92. The molecule has 3 rings (SSSR count). The molecule has 2 aromatic rings. The molecule has 0 bridgehead atoms. The molecule has 2 nitrogen and oxygen atoms in total. The molecule has 1 heterocycles. The Morgan fingerprint density at radius 2 is 1.90 bits per heavy atom. The fraction of sp³-hybridized carbons (Fsp3) is 0.375. The Morgan fingerprint density at radius 3 is 2.60 bits per heavy atom. The maximum atomic E-state index is 6.20. The van der Waals surface area contributed by atoms with Crippen molar-refractivity contribution < 1.29 is 0 Å². The van der Waals surface area contributed by atoms with Gasteiger partial charge >= 0.3 is 0 Å². The zero-order valence-electron chi connectivity index (χ0n) is 11.4. The van der Waals surface area contributed by atoms with Gasteiger partial charge in [-0.1, -0.05) is 40.4 Å². The molecule has 104 valence electrons. The predicted octanol–water partition coefficient (Wildman–Crippen LogP) is 5.53. The number of nitrogens with zero attached hydrogens (tertiary/aromatic N) is 2. The molecule has 1 aromatic carbocycles. The monoisotopic (exact) mass is 350 g/mol. The van der Waals surface area contributed by atoms with E-state index in [1.807, 2.05) is 18.2 Å². The van der Waals surface area contributed by atoms with Crippen LogP contribution in [0.3, 0.4) is 0 Å². The number of hydrogen-bond donors (Lipinski definition) is 0. The lowest BCUT2D eigenvalue weighted by molar-refractivity contribution is 0.695. The highest BCUT2D eigenvalue weighted by Gasteiger charge is 2.20. The molecular weight excluding hydrogens is 336 g/mol. The van der Waals surface area contributed by atoms with E-state index in [1.165, 1.54) is 25.7 Å². The van der Waals surface area contributed by atoms with Crippen molar-refractivity contribution in [1.82, 2.24) is 9.97 Å². The fourth-order valence-electron chi connectivity index (χ4n) is 2.86. The number of aryl methyl sites for hydroxylation is 1. The van der Waals surface area contributed by atoms with E-state index >= 15 is 0 Å². The lowest BCUT2D eigenvalue weighted by atomic mass is 10.0. The van der Waals surface area contributed by atoms with Crippen LogP contribution >= 0.6 is 27.5 Å². The van der Waals surface area contributed by atoms with Gasteiger partial charge < -0.3 is 0 Å². The van der Waals surface area contributed by atoms with Gasteiger partial charge in [-0.2, -0.15) is 0 Å². The Balaban J connectivity index is 2.04. The number of benzene rings is 1. The average Bonchev–Trinajstić information content (AvgIpc) is 2.91. The maximum absolute atomic E-state index is 6.20. The third-order valence-corrected chi connectivity index (χ3v) is 4.60. The Kier molecular flexibility index (Phi) is 4.08. The van der Waals surface area contributed by atoms with E-state index in [0.717, 1.165) is 27.1 Å². The second-order valence-corrected chi connectivity index (χ2v) is 6.68. The van der Waals surface area contributed by atoms with Crippen LogP contribution in [0.2, 0.25) is 5.15 Å². The van der Waals surface area contributed by atoms with E-state index in [2.05, 4.69) is 33.9 Å². The van der Waals surface area contributed by atoms with Crippen LogP contribution in [0.4, 0.5) is 0 Å². The summed E-state index contributed by atoms with van der Waals surface area (Å²) in [4.78, 5) is 9.17. The van der Waals surface area contributed by atoms with Gasteiger partial charge in [0.05, 0.1) is 0 Å². The van der Waals surface area contributed by atoms with Crippen molar-refractivity contribution in [3.63, 3.8) is 0 Å². The van der Waals surface area contributed by atoms with Crippen LogP contribution in [0.1, 0.15) is 42.9 Å². The molecule has 1 fully saturated rings. The molecule has 20 heavy (non-hydrogen) atoms. The molecule has 1 aromatic heterocycles. The first-order valence-electron chi connectivity index (χ1n) is 6.94. The largest absolute Gasteiger partial charge is 0.233 e. The molecule has 0 aliphatic heterocycles. The Labute approximate surface area is 132 Å². The molecule has 0 saturated heterocycles. The van der Waals surface area contributed by atoms with E-state index in [0.29, 0.717) is 11.1 Å². The summed E-state index contributed by atoms with van der Waals surface area (Å²) in [6.45, 7) is 2.07. The minimum atomic E-state index is 0.541. The summed E-state index contributed by atoms with van der Waals surface area (Å²) in [6.07, 6.45) is 5.01. The molecule has 4 heteroatoms. The standard InChI is InChI=1S/C16H16BrClN2/c1-10-8-12(17)6-7-13(10)16-19-14(9-15(18)20-16)11-4-2-3-5-11/h6-9,11H,2-5H2,1H3. The van der Waals surface area contributed by atoms with Crippen LogP contribution in [-0.4, -0.2) is 9.97 Å². The smallest absolute Gasteiger partial charge is 0.161 e. The van der Waals surface area contributed by atoms with Gasteiger partial charge in [-0.15, -0.1) is 0 Å². The summed E-state index contributed by atoms with van der Waals surface area (Å²) >= 11 is 9.69. The minimum absolute atomic E-state index is 0.541. The SMILES string of the molecule is Cc1cc(Br)ccc1-c1nc(Cl)cc(C2CCCC2)n1. The van der Waals surface area contributed by atoms with Crippen LogP contribution in [-0.2, 0) is 0 Å². The van der Waals surface area contributed by atoms with Crippen LogP contribution in [0.5, 0.6) is 0 Å². The number of hydrogen-bond acceptors (Lipinski definition) is 2. The van der Waals surface area contributed by atoms with Crippen molar-refractivity contribution in [2.75, 3.05) is 0 Å².